The quantitative estimate of drug-likeness (QED) is 0.777. The second-order valence-corrected chi connectivity index (χ2v) is 4.19. The maximum atomic E-state index is 5.34. The second kappa shape index (κ2) is 5.32. The summed E-state index contributed by atoms with van der Waals surface area (Å²) in [5.41, 5.74) is 2.55. The molecule has 3 heteroatoms. The third kappa shape index (κ3) is 2.74. The van der Waals surface area contributed by atoms with Gasteiger partial charge in [-0.05, 0) is 24.1 Å². The Balaban J connectivity index is 2.01. The molecule has 3 nitrogen and oxygen atoms in total. The fourth-order valence-electron chi connectivity index (χ4n) is 2.06. The molecular formula is C13H19NO2. The van der Waals surface area contributed by atoms with Crippen molar-refractivity contribution in [2.45, 2.75) is 13.5 Å². The smallest absolute Gasteiger partial charge is 0.121 e. The minimum absolute atomic E-state index is 0.856. The van der Waals surface area contributed by atoms with Crippen LogP contribution < -0.4 is 4.74 Å². The summed E-state index contributed by atoms with van der Waals surface area (Å²) in [6, 6.07) is 6.39. The van der Waals surface area contributed by atoms with Gasteiger partial charge in [-0.25, -0.2) is 0 Å². The number of aryl methyl sites for hydroxylation is 1. The molecule has 0 saturated carbocycles. The van der Waals surface area contributed by atoms with Crippen LogP contribution in [0.1, 0.15) is 11.1 Å². The molecule has 2 rings (SSSR count). The highest BCUT2D eigenvalue weighted by Gasteiger charge is 2.11. The zero-order chi connectivity index (χ0) is 11.4. The van der Waals surface area contributed by atoms with Crippen molar-refractivity contribution in [1.82, 2.24) is 4.90 Å². The van der Waals surface area contributed by atoms with E-state index in [1.54, 1.807) is 7.11 Å². The topological polar surface area (TPSA) is 21.7 Å². The lowest BCUT2D eigenvalue weighted by Gasteiger charge is -2.26. The second-order valence-electron chi connectivity index (χ2n) is 4.19. The van der Waals surface area contributed by atoms with E-state index in [2.05, 4.69) is 24.0 Å². The molecule has 16 heavy (non-hydrogen) atoms. The highest BCUT2D eigenvalue weighted by Crippen LogP contribution is 2.19. The Kier molecular flexibility index (Phi) is 3.80. The number of nitrogens with zero attached hydrogens (tertiary/aromatic N) is 1. The van der Waals surface area contributed by atoms with Crippen molar-refractivity contribution >= 4 is 0 Å². The van der Waals surface area contributed by atoms with Gasteiger partial charge in [0.2, 0.25) is 0 Å². The molecule has 0 aliphatic carbocycles. The summed E-state index contributed by atoms with van der Waals surface area (Å²) in [7, 11) is 1.71. The van der Waals surface area contributed by atoms with Gasteiger partial charge in [0, 0.05) is 19.6 Å². The minimum atomic E-state index is 0.856. The molecule has 0 N–H and O–H groups in total. The van der Waals surface area contributed by atoms with Crippen molar-refractivity contribution in [2.24, 2.45) is 0 Å². The first-order chi connectivity index (χ1) is 7.79. The molecule has 1 aromatic rings. The Morgan fingerprint density at radius 2 is 2.06 bits per heavy atom. The van der Waals surface area contributed by atoms with Gasteiger partial charge in [0.15, 0.2) is 0 Å². The van der Waals surface area contributed by atoms with Crippen LogP contribution in [0.15, 0.2) is 18.2 Å². The van der Waals surface area contributed by atoms with Gasteiger partial charge in [-0.2, -0.15) is 0 Å². The molecule has 1 fully saturated rings. The van der Waals surface area contributed by atoms with Crippen molar-refractivity contribution in [3.8, 4) is 5.75 Å². The maximum Gasteiger partial charge on any atom is 0.121 e. The van der Waals surface area contributed by atoms with E-state index in [4.69, 9.17) is 9.47 Å². The molecule has 1 aliphatic rings. The summed E-state index contributed by atoms with van der Waals surface area (Å²) in [6.45, 7) is 6.87. The predicted molar refractivity (Wildman–Crippen MR) is 63.8 cm³/mol. The molecule has 1 aliphatic heterocycles. The fourth-order valence-corrected chi connectivity index (χ4v) is 2.06. The minimum Gasteiger partial charge on any atom is -0.496 e. The highest BCUT2D eigenvalue weighted by atomic mass is 16.5. The molecule has 0 unspecified atom stereocenters. The molecule has 0 atom stereocenters. The van der Waals surface area contributed by atoms with E-state index in [9.17, 15) is 0 Å². The summed E-state index contributed by atoms with van der Waals surface area (Å²) >= 11 is 0. The van der Waals surface area contributed by atoms with Crippen molar-refractivity contribution in [3.63, 3.8) is 0 Å². The molecule has 1 aromatic carbocycles. The first kappa shape index (κ1) is 11.4. The van der Waals surface area contributed by atoms with Crippen LogP contribution in [-0.2, 0) is 11.3 Å². The van der Waals surface area contributed by atoms with Crippen LogP contribution >= 0.6 is 0 Å². The monoisotopic (exact) mass is 221 g/mol. The van der Waals surface area contributed by atoms with Gasteiger partial charge in [0.1, 0.15) is 5.75 Å². The van der Waals surface area contributed by atoms with Gasteiger partial charge in [-0.1, -0.05) is 12.1 Å². The molecule has 0 bridgehead atoms. The third-order valence-electron chi connectivity index (χ3n) is 2.97. The van der Waals surface area contributed by atoms with Crippen molar-refractivity contribution < 1.29 is 9.47 Å². The zero-order valence-electron chi connectivity index (χ0n) is 10.0. The molecule has 1 saturated heterocycles. The average molecular weight is 221 g/mol. The van der Waals surface area contributed by atoms with E-state index in [1.807, 2.05) is 6.07 Å². The normalized spacial score (nSPS) is 17.4. The van der Waals surface area contributed by atoms with E-state index >= 15 is 0 Å². The highest BCUT2D eigenvalue weighted by molar-refractivity contribution is 5.36. The zero-order valence-corrected chi connectivity index (χ0v) is 10.0. The summed E-state index contributed by atoms with van der Waals surface area (Å²) in [5, 5.41) is 0. The Labute approximate surface area is 97.0 Å². The van der Waals surface area contributed by atoms with Crippen LogP contribution in [0.3, 0.4) is 0 Å². The predicted octanol–water partition coefficient (Wildman–Crippen LogP) is 1.84. The molecule has 0 aromatic heterocycles. The Morgan fingerprint density at radius 1 is 1.31 bits per heavy atom. The van der Waals surface area contributed by atoms with Gasteiger partial charge in [-0.15, -0.1) is 0 Å². The Bertz CT molecular complexity index is 346. The molecule has 88 valence electrons. The van der Waals surface area contributed by atoms with Gasteiger partial charge < -0.3 is 9.47 Å². The lowest BCUT2D eigenvalue weighted by Crippen LogP contribution is -2.35. The van der Waals surface area contributed by atoms with E-state index in [-0.39, 0.29) is 0 Å². The summed E-state index contributed by atoms with van der Waals surface area (Å²) in [5.74, 6) is 0.964. The number of hydrogen-bond donors (Lipinski definition) is 0. The number of methoxy groups -OCH3 is 1. The van der Waals surface area contributed by atoms with Crippen molar-refractivity contribution in [2.75, 3.05) is 33.4 Å². The number of hydrogen-bond acceptors (Lipinski definition) is 3. The molecule has 0 spiro atoms. The van der Waals surface area contributed by atoms with Crippen LogP contribution in [0, 0.1) is 6.92 Å². The largest absolute Gasteiger partial charge is 0.496 e. The summed E-state index contributed by atoms with van der Waals surface area (Å²) < 4.78 is 10.6. The number of ether oxygens (including phenoxy) is 2. The van der Waals surface area contributed by atoms with Crippen LogP contribution in [0.2, 0.25) is 0 Å². The van der Waals surface area contributed by atoms with Gasteiger partial charge in [0.25, 0.3) is 0 Å². The first-order valence-corrected chi connectivity index (χ1v) is 5.73. The van der Waals surface area contributed by atoms with E-state index in [0.29, 0.717) is 0 Å². The van der Waals surface area contributed by atoms with Gasteiger partial charge >= 0.3 is 0 Å². The fraction of sp³-hybridized carbons (Fsp3) is 0.538. The Hall–Kier alpha value is -1.06. The maximum absolute atomic E-state index is 5.34. The summed E-state index contributed by atoms with van der Waals surface area (Å²) in [6.07, 6.45) is 0. The van der Waals surface area contributed by atoms with E-state index in [0.717, 1.165) is 38.6 Å². The lowest BCUT2D eigenvalue weighted by molar-refractivity contribution is 0.0342. The van der Waals surface area contributed by atoms with Crippen LogP contribution in [0.25, 0.3) is 0 Å². The van der Waals surface area contributed by atoms with Crippen LogP contribution in [0.5, 0.6) is 5.75 Å². The van der Waals surface area contributed by atoms with E-state index < -0.39 is 0 Å². The molecule has 0 amide bonds. The standard InChI is InChI=1S/C13H19NO2/c1-11-9-12(3-4-13(11)15-2)10-14-5-7-16-8-6-14/h3-4,9H,5-8,10H2,1-2H3. The summed E-state index contributed by atoms with van der Waals surface area (Å²) in [4.78, 5) is 2.42. The van der Waals surface area contributed by atoms with E-state index in [1.165, 1.54) is 11.1 Å². The lowest BCUT2D eigenvalue weighted by atomic mass is 10.1. The van der Waals surface area contributed by atoms with Gasteiger partial charge in [-0.3, -0.25) is 4.90 Å². The van der Waals surface area contributed by atoms with Crippen LogP contribution in [0.4, 0.5) is 0 Å². The van der Waals surface area contributed by atoms with Crippen LogP contribution in [-0.4, -0.2) is 38.3 Å². The SMILES string of the molecule is COc1ccc(CN2CCOCC2)cc1C. The molecule has 1 heterocycles. The molecule has 0 radical (unpaired) electrons. The first-order valence-electron chi connectivity index (χ1n) is 5.73. The van der Waals surface area contributed by atoms with Crippen molar-refractivity contribution in [1.29, 1.82) is 0 Å². The Morgan fingerprint density at radius 3 is 2.69 bits per heavy atom. The van der Waals surface area contributed by atoms with Gasteiger partial charge in [0.05, 0.1) is 20.3 Å². The number of benzene rings is 1. The average Bonchev–Trinajstić information content (AvgIpc) is 2.31. The molecular weight excluding hydrogens is 202 g/mol. The third-order valence-corrected chi connectivity index (χ3v) is 2.97. The van der Waals surface area contributed by atoms with Crippen molar-refractivity contribution in [3.05, 3.63) is 29.3 Å². The number of morpholine rings is 1. The number of rotatable bonds is 3.